The van der Waals surface area contributed by atoms with Gasteiger partial charge < -0.3 is 10.0 Å². The minimum absolute atomic E-state index is 0.154. The topological polar surface area (TPSA) is 23.5 Å². The maximum atomic E-state index is 9.94. The lowest BCUT2D eigenvalue weighted by Gasteiger charge is -2.27. The van der Waals surface area contributed by atoms with Gasteiger partial charge >= 0.3 is 0 Å². The third-order valence-corrected chi connectivity index (χ3v) is 4.21. The molecule has 104 valence electrons. The summed E-state index contributed by atoms with van der Waals surface area (Å²) in [7, 11) is 0. The van der Waals surface area contributed by atoms with E-state index in [0.29, 0.717) is 10.9 Å². The molecular weight excluding hydrogens is 270 g/mol. The van der Waals surface area contributed by atoms with Crippen LogP contribution in [0.25, 0.3) is 0 Å². The van der Waals surface area contributed by atoms with Crippen LogP contribution in [-0.4, -0.2) is 11.7 Å². The maximum absolute atomic E-state index is 9.94. The number of benzene rings is 2. The fourth-order valence-electron chi connectivity index (χ4n) is 2.80. The summed E-state index contributed by atoms with van der Waals surface area (Å²) in [6, 6.07) is 14.0. The van der Waals surface area contributed by atoms with E-state index in [0.717, 1.165) is 30.8 Å². The highest BCUT2D eigenvalue weighted by molar-refractivity contribution is 6.32. The van der Waals surface area contributed by atoms with Gasteiger partial charge in [-0.3, -0.25) is 0 Å². The van der Waals surface area contributed by atoms with Gasteiger partial charge in [-0.15, -0.1) is 0 Å². The highest BCUT2D eigenvalue weighted by Gasteiger charge is 2.22. The predicted molar refractivity (Wildman–Crippen MR) is 84.0 cm³/mol. The summed E-state index contributed by atoms with van der Waals surface area (Å²) in [5.41, 5.74) is 3.44. The van der Waals surface area contributed by atoms with E-state index in [2.05, 4.69) is 24.0 Å². The Labute approximate surface area is 124 Å². The van der Waals surface area contributed by atoms with Crippen molar-refractivity contribution in [1.82, 2.24) is 0 Å². The zero-order valence-corrected chi connectivity index (χ0v) is 12.3. The molecule has 0 bridgehead atoms. The minimum atomic E-state index is 0.154. The molecule has 3 rings (SSSR count). The third-order valence-electron chi connectivity index (χ3n) is 3.91. The largest absolute Gasteiger partial charge is 0.506 e. The Morgan fingerprint density at radius 3 is 2.70 bits per heavy atom. The molecule has 0 aromatic heterocycles. The Morgan fingerprint density at radius 1 is 1.20 bits per heavy atom. The number of fused-ring (bicyclic) bond motifs is 1. The quantitative estimate of drug-likeness (QED) is 0.817. The summed E-state index contributed by atoms with van der Waals surface area (Å²) in [6.45, 7) is 3.22. The van der Waals surface area contributed by atoms with Gasteiger partial charge in [0.1, 0.15) is 5.75 Å². The number of aryl methyl sites for hydroxylation is 1. The van der Waals surface area contributed by atoms with Gasteiger partial charge in [0, 0.05) is 24.0 Å². The SMILES string of the molecule is C[C@@H]1CCc2cc(Cl)c(O)cc2N(c2ccccc2)C1. The number of phenolic OH excluding ortho intramolecular Hbond substituents is 1. The molecule has 20 heavy (non-hydrogen) atoms. The van der Waals surface area contributed by atoms with Crippen LogP contribution >= 0.6 is 11.6 Å². The Bertz CT molecular complexity index is 612. The molecule has 2 aromatic rings. The van der Waals surface area contributed by atoms with Gasteiger partial charge in [-0.05, 0) is 42.5 Å². The number of anilines is 2. The smallest absolute Gasteiger partial charge is 0.136 e. The molecule has 3 heteroatoms. The van der Waals surface area contributed by atoms with Gasteiger partial charge in [0.25, 0.3) is 0 Å². The van der Waals surface area contributed by atoms with Gasteiger partial charge in [-0.2, -0.15) is 0 Å². The van der Waals surface area contributed by atoms with Crippen LogP contribution in [0.1, 0.15) is 18.9 Å². The first kappa shape index (κ1) is 13.3. The zero-order valence-electron chi connectivity index (χ0n) is 11.5. The lowest BCUT2D eigenvalue weighted by molar-refractivity contribution is 0.475. The van der Waals surface area contributed by atoms with Crippen LogP contribution in [0.5, 0.6) is 5.75 Å². The van der Waals surface area contributed by atoms with Crippen molar-refractivity contribution in [2.45, 2.75) is 19.8 Å². The lowest BCUT2D eigenvalue weighted by Crippen LogP contribution is -2.22. The second kappa shape index (κ2) is 5.37. The second-order valence-corrected chi connectivity index (χ2v) is 5.93. The Morgan fingerprint density at radius 2 is 1.95 bits per heavy atom. The van der Waals surface area contributed by atoms with Crippen molar-refractivity contribution < 1.29 is 5.11 Å². The second-order valence-electron chi connectivity index (χ2n) is 5.52. The molecule has 0 saturated carbocycles. The van der Waals surface area contributed by atoms with Crippen molar-refractivity contribution in [2.24, 2.45) is 5.92 Å². The molecule has 1 heterocycles. The Kier molecular flexibility index (Phi) is 3.58. The van der Waals surface area contributed by atoms with Crippen LogP contribution in [0.2, 0.25) is 5.02 Å². The van der Waals surface area contributed by atoms with Crippen LogP contribution in [0, 0.1) is 5.92 Å². The van der Waals surface area contributed by atoms with E-state index in [1.54, 1.807) is 6.07 Å². The highest BCUT2D eigenvalue weighted by Crippen LogP contribution is 2.39. The van der Waals surface area contributed by atoms with Crippen molar-refractivity contribution in [1.29, 1.82) is 0 Å². The lowest BCUT2D eigenvalue weighted by atomic mass is 10.0. The zero-order chi connectivity index (χ0) is 14.1. The number of hydrogen-bond donors (Lipinski definition) is 1. The fourth-order valence-corrected chi connectivity index (χ4v) is 2.99. The van der Waals surface area contributed by atoms with E-state index in [1.807, 2.05) is 24.3 Å². The van der Waals surface area contributed by atoms with E-state index in [4.69, 9.17) is 11.6 Å². The minimum Gasteiger partial charge on any atom is -0.506 e. The van der Waals surface area contributed by atoms with Gasteiger partial charge in [0.15, 0.2) is 0 Å². The monoisotopic (exact) mass is 287 g/mol. The summed E-state index contributed by atoms with van der Waals surface area (Å²) in [4.78, 5) is 2.28. The van der Waals surface area contributed by atoms with Crippen LogP contribution in [0.4, 0.5) is 11.4 Å². The van der Waals surface area contributed by atoms with E-state index in [9.17, 15) is 5.11 Å². The average Bonchev–Trinajstić information content (AvgIpc) is 2.61. The number of para-hydroxylation sites is 1. The number of hydrogen-bond acceptors (Lipinski definition) is 2. The number of halogens is 1. The molecule has 2 aromatic carbocycles. The molecule has 0 amide bonds. The predicted octanol–water partition coefficient (Wildman–Crippen LogP) is 4.77. The van der Waals surface area contributed by atoms with E-state index in [1.165, 1.54) is 5.56 Å². The van der Waals surface area contributed by atoms with Crippen molar-refractivity contribution in [3.63, 3.8) is 0 Å². The van der Waals surface area contributed by atoms with Crippen molar-refractivity contribution in [2.75, 3.05) is 11.4 Å². The van der Waals surface area contributed by atoms with Gasteiger partial charge in [0.2, 0.25) is 0 Å². The Hall–Kier alpha value is -1.67. The van der Waals surface area contributed by atoms with Gasteiger partial charge in [0.05, 0.1) is 5.02 Å². The van der Waals surface area contributed by atoms with Crippen molar-refractivity contribution >= 4 is 23.0 Å². The molecular formula is C17H18ClNO. The summed E-state index contributed by atoms with van der Waals surface area (Å²) < 4.78 is 0. The number of phenols is 1. The number of aromatic hydroxyl groups is 1. The van der Waals surface area contributed by atoms with Crippen molar-refractivity contribution in [3.8, 4) is 5.75 Å². The maximum Gasteiger partial charge on any atom is 0.136 e. The number of nitrogens with zero attached hydrogens (tertiary/aromatic N) is 1. The molecule has 2 nitrogen and oxygen atoms in total. The standard InChI is InChI=1S/C17H18ClNO/c1-12-7-8-13-9-15(18)17(20)10-16(13)19(11-12)14-5-3-2-4-6-14/h2-6,9-10,12,20H,7-8,11H2,1H3/t12-/m1/s1. The van der Waals surface area contributed by atoms with E-state index < -0.39 is 0 Å². The van der Waals surface area contributed by atoms with Gasteiger partial charge in [-0.25, -0.2) is 0 Å². The van der Waals surface area contributed by atoms with Crippen LogP contribution in [0.3, 0.4) is 0 Å². The van der Waals surface area contributed by atoms with Crippen LogP contribution in [-0.2, 0) is 6.42 Å². The van der Waals surface area contributed by atoms with E-state index in [-0.39, 0.29) is 5.75 Å². The fraction of sp³-hybridized carbons (Fsp3) is 0.294. The summed E-state index contributed by atoms with van der Waals surface area (Å²) >= 11 is 6.06. The summed E-state index contributed by atoms with van der Waals surface area (Å²) in [6.07, 6.45) is 2.14. The molecule has 0 saturated heterocycles. The molecule has 1 N–H and O–H groups in total. The molecule has 0 fully saturated rings. The first-order chi connectivity index (χ1) is 9.65. The summed E-state index contributed by atoms with van der Waals surface area (Å²) in [5, 5.41) is 10.4. The third kappa shape index (κ3) is 2.48. The first-order valence-corrected chi connectivity index (χ1v) is 7.37. The Balaban J connectivity index is 2.12. The molecule has 1 atom stereocenters. The van der Waals surface area contributed by atoms with Crippen LogP contribution in [0.15, 0.2) is 42.5 Å². The molecule has 0 spiro atoms. The highest BCUT2D eigenvalue weighted by atomic mass is 35.5. The molecule has 1 aliphatic rings. The van der Waals surface area contributed by atoms with Crippen LogP contribution < -0.4 is 4.90 Å². The summed E-state index contributed by atoms with van der Waals surface area (Å²) in [5.74, 6) is 0.754. The average molecular weight is 288 g/mol. The normalized spacial score (nSPS) is 18.5. The molecule has 0 unspecified atom stereocenters. The molecule has 1 aliphatic heterocycles. The van der Waals surface area contributed by atoms with Gasteiger partial charge in [-0.1, -0.05) is 36.7 Å². The van der Waals surface area contributed by atoms with E-state index >= 15 is 0 Å². The first-order valence-electron chi connectivity index (χ1n) is 6.99. The molecule has 0 radical (unpaired) electrons. The number of rotatable bonds is 1. The molecule has 0 aliphatic carbocycles. The van der Waals surface area contributed by atoms with Crippen molar-refractivity contribution in [3.05, 3.63) is 53.1 Å².